The molecule has 3 rings (SSSR count). The van der Waals surface area contributed by atoms with Crippen molar-refractivity contribution < 1.29 is 14.4 Å². The average molecular weight is 321 g/mol. The molecule has 116 valence electrons. The summed E-state index contributed by atoms with van der Waals surface area (Å²) in [5, 5.41) is 14.0. The predicted molar refractivity (Wildman–Crippen MR) is 82.6 cm³/mol. The van der Waals surface area contributed by atoms with Gasteiger partial charge in [-0.1, -0.05) is 35.3 Å². The molecule has 0 bridgehead atoms. The van der Waals surface area contributed by atoms with E-state index in [4.69, 9.17) is 16.1 Å². The second-order valence-electron chi connectivity index (χ2n) is 5.51. The summed E-state index contributed by atoms with van der Waals surface area (Å²) in [6.07, 6.45) is 2.66. The highest BCUT2D eigenvalue weighted by Crippen LogP contribution is 2.24. The molecular weight excluding hydrogens is 304 g/mol. The molecule has 1 aromatic heterocycles. The minimum atomic E-state index is -0.767. The lowest BCUT2D eigenvalue weighted by Crippen LogP contribution is -2.43. The standard InChI is InChI=1S/C16H17ClN2O3/c17-12-6-4-11(5-7-12)14-9-13(22-18-14)10-19-8-2-1-3-15(19)16(20)21/h4-7,9,15H,1-3,8,10H2,(H,20,21). The molecule has 1 unspecified atom stereocenters. The largest absolute Gasteiger partial charge is 0.480 e. The van der Waals surface area contributed by atoms with E-state index in [1.807, 2.05) is 23.1 Å². The number of aliphatic carboxylic acids is 1. The number of hydrogen-bond donors (Lipinski definition) is 1. The third kappa shape index (κ3) is 3.31. The van der Waals surface area contributed by atoms with E-state index in [0.29, 0.717) is 23.7 Å². The zero-order valence-corrected chi connectivity index (χ0v) is 12.8. The third-order valence-electron chi connectivity index (χ3n) is 3.96. The number of carbonyl (C=O) groups is 1. The molecule has 1 fully saturated rings. The van der Waals surface area contributed by atoms with Gasteiger partial charge in [0.1, 0.15) is 11.7 Å². The topological polar surface area (TPSA) is 66.6 Å². The molecule has 22 heavy (non-hydrogen) atoms. The van der Waals surface area contributed by atoms with Crippen LogP contribution in [0, 0.1) is 0 Å². The molecule has 5 nitrogen and oxygen atoms in total. The Kier molecular flexibility index (Phi) is 4.45. The van der Waals surface area contributed by atoms with Gasteiger partial charge in [-0.3, -0.25) is 9.69 Å². The summed E-state index contributed by atoms with van der Waals surface area (Å²) in [6, 6.07) is 8.79. The van der Waals surface area contributed by atoms with Crippen molar-refractivity contribution in [2.75, 3.05) is 6.54 Å². The minimum Gasteiger partial charge on any atom is -0.480 e. The van der Waals surface area contributed by atoms with E-state index in [2.05, 4.69) is 5.16 Å². The summed E-state index contributed by atoms with van der Waals surface area (Å²) in [5.74, 6) is -0.0877. The number of rotatable bonds is 4. The maximum Gasteiger partial charge on any atom is 0.320 e. The second kappa shape index (κ2) is 6.50. The van der Waals surface area contributed by atoms with Crippen LogP contribution in [-0.2, 0) is 11.3 Å². The number of benzene rings is 1. The molecule has 1 N–H and O–H groups in total. The van der Waals surface area contributed by atoms with Gasteiger partial charge in [-0.05, 0) is 31.5 Å². The van der Waals surface area contributed by atoms with E-state index in [-0.39, 0.29) is 0 Å². The summed E-state index contributed by atoms with van der Waals surface area (Å²) in [7, 11) is 0. The van der Waals surface area contributed by atoms with E-state index in [1.165, 1.54) is 0 Å². The van der Waals surface area contributed by atoms with Crippen molar-refractivity contribution in [2.24, 2.45) is 0 Å². The number of piperidine rings is 1. The molecule has 1 aromatic carbocycles. The Morgan fingerprint density at radius 1 is 1.36 bits per heavy atom. The minimum absolute atomic E-state index is 0.433. The van der Waals surface area contributed by atoms with Gasteiger partial charge in [0.25, 0.3) is 0 Å². The predicted octanol–water partition coefficient (Wildman–Crippen LogP) is 3.43. The molecule has 2 aromatic rings. The molecule has 0 aliphatic carbocycles. The summed E-state index contributed by atoms with van der Waals surface area (Å²) >= 11 is 5.87. The fourth-order valence-corrected chi connectivity index (χ4v) is 2.93. The fraction of sp³-hybridized carbons (Fsp3) is 0.375. The van der Waals surface area contributed by atoms with Crippen molar-refractivity contribution in [1.82, 2.24) is 10.1 Å². The molecule has 6 heteroatoms. The van der Waals surface area contributed by atoms with Gasteiger partial charge in [0, 0.05) is 16.7 Å². The summed E-state index contributed by atoms with van der Waals surface area (Å²) in [4.78, 5) is 13.3. The number of likely N-dealkylation sites (tertiary alicyclic amines) is 1. The normalized spacial score (nSPS) is 19.2. The lowest BCUT2D eigenvalue weighted by molar-refractivity contribution is -0.145. The van der Waals surface area contributed by atoms with Crippen molar-refractivity contribution in [1.29, 1.82) is 0 Å². The van der Waals surface area contributed by atoms with Crippen molar-refractivity contribution in [3.05, 3.63) is 41.1 Å². The Balaban J connectivity index is 1.73. The maximum atomic E-state index is 11.3. The van der Waals surface area contributed by atoms with Crippen LogP contribution in [0.1, 0.15) is 25.0 Å². The monoisotopic (exact) mass is 320 g/mol. The van der Waals surface area contributed by atoms with Crippen molar-refractivity contribution in [3.63, 3.8) is 0 Å². The van der Waals surface area contributed by atoms with Crippen LogP contribution in [0.25, 0.3) is 11.3 Å². The van der Waals surface area contributed by atoms with Gasteiger partial charge in [-0.15, -0.1) is 0 Å². The van der Waals surface area contributed by atoms with E-state index < -0.39 is 12.0 Å². The van der Waals surface area contributed by atoms with Crippen molar-refractivity contribution in [2.45, 2.75) is 31.8 Å². The summed E-state index contributed by atoms with van der Waals surface area (Å²) < 4.78 is 5.36. The van der Waals surface area contributed by atoms with E-state index in [0.717, 1.165) is 30.6 Å². The van der Waals surface area contributed by atoms with E-state index in [1.54, 1.807) is 12.1 Å². The molecule has 1 aliphatic heterocycles. The molecule has 0 saturated carbocycles. The number of hydrogen-bond acceptors (Lipinski definition) is 4. The van der Waals surface area contributed by atoms with E-state index >= 15 is 0 Å². The fourth-order valence-electron chi connectivity index (χ4n) is 2.80. The molecule has 0 radical (unpaired) electrons. The zero-order chi connectivity index (χ0) is 15.5. The molecule has 1 aliphatic rings. The first-order valence-corrected chi connectivity index (χ1v) is 7.69. The second-order valence-corrected chi connectivity index (χ2v) is 5.94. The molecule has 0 spiro atoms. The van der Waals surface area contributed by atoms with Gasteiger partial charge in [0.2, 0.25) is 0 Å². The van der Waals surface area contributed by atoms with Crippen molar-refractivity contribution in [3.8, 4) is 11.3 Å². The SMILES string of the molecule is O=C(O)C1CCCCN1Cc1cc(-c2ccc(Cl)cc2)no1. The van der Waals surface area contributed by atoms with Gasteiger partial charge < -0.3 is 9.63 Å². The summed E-state index contributed by atoms with van der Waals surface area (Å²) in [6.45, 7) is 1.24. The van der Waals surface area contributed by atoms with Crippen LogP contribution in [0.4, 0.5) is 0 Å². The number of carboxylic acid groups (broad SMARTS) is 1. The quantitative estimate of drug-likeness (QED) is 0.934. The van der Waals surface area contributed by atoms with Crippen LogP contribution in [-0.4, -0.2) is 33.7 Å². The van der Waals surface area contributed by atoms with Crippen LogP contribution in [0.5, 0.6) is 0 Å². The van der Waals surface area contributed by atoms with Crippen LogP contribution in [0.2, 0.25) is 5.02 Å². The Labute approximate surface area is 133 Å². The molecule has 2 heterocycles. The van der Waals surface area contributed by atoms with Gasteiger partial charge in [-0.25, -0.2) is 0 Å². The first kappa shape index (κ1) is 15.1. The number of halogens is 1. The third-order valence-corrected chi connectivity index (χ3v) is 4.21. The Morgan fingerprint density at radius 3 is 2.86 bits per heavy atom. The number of aromatic nitrogens is 1. The highest BCUT2D eigenvalue weighted by Gasteiger charge is 2.29. The zero-order valence-electron chi connectivity index (χ0n) is 12.0. The lowest BCUT2D eigenvalue weighted by atomic mass is 10.0. The Hall–Kier alpha value is -1.85. The van der Waals surface area contributed by atoms with Crippen LogP contribution < -0.4 is 0 Å². The van der Waals surface area contributed by atoms with Crippen LogP contribution in [0.3, 0.4) is 0 Å². The smallest absolute Gasteiger partial charge is 0.320 e. The first-order valence-electron chi connectivity index (χ1n) is 7.32. The van der Waals surface area contributed by atoms with Gasteiger partial charge in [-0.2, -0.15) is 0 Å². The van der Waals surface area contributed by atoms with Crippen LogP contribution in [0.15, 0.2) is 34.9 Å². The van der Waals surface area contributed by atoms with Crippen molar-refractivity contribution >= 4 is 17.6 Å². The number of nitrogens with zero attached hydrogens (tertiary/aromatic N) is 2. The van der Waals surface area contributed by atoms with E-state index in [9.17, 15) is 9.90 Å². The first-order chi connectivity index (χ1) is 10.6. The Bertz CT molecular complexity index is 654. The highest BCUT2D eigenvalue weighted by molar-refractivity contribution is 6.30. The summed E-state index contributed by atoms with van der Waals surface area (Å²) in [5.41, 5.74) is 1.66. The van der Waals surface area contributed by atoms with Gasteiger partial charge in [0.15, 0.2) is 5.76 Å². The van der Waals surface area contributed by atoms with Gasteiger partial charge >= 0.3 is 5.97 Å². The maximum absolute atomic E-state index is 11.3. The lowest BCUT2D eigenvalue weighted by Gasteiger charge is -2.31. The molecular formula is C16H17ClN2O3. The Morgan fingerprint density at radius 2 is 2.14 bits per heavy atom. The average Bonchev–Trinajstić information content (AvgIpc) is 2.97. The molecule has 1 atom stereocenters. The molecule has 0 amide bonds. The molecule has 1 saturated heterocycles. The highest BCUT2D eigenvalue weighted by atomic mass is 35.5. The van der Waals surface area contributed by atoms with Crippen LogP contribution >= 0.6 is 11.6 Å². The van der Waals surface area contributed by atoms with Gasteiger partial charge in [0.05, 0.1) is 6.54 Å². The number of carboxylic acids is 1.